The van der Waals surface area contributed by atoms with Crippen LogP contribution in [0.5, 0.6) is 0 Å². The van der Waals surface area contributed by atoms with E-state index < -0.39 is 21.9 Å². The molecule has 45 heavy (non-hydrogen) atoms. The molecule has 3 amide bonds. The number of rotatable bonds is 8. The summed E-state index contributed by atoms with van der Waals surface area (Å²) in [5.41, 5.74) is 1.52. The van der Waals surface area contributed by atoms with Gasteiger partial charge in [-0.25, -0.2) is 18.1 Å². The molecule has 242 valence electrons. The summed E-state index contributed by atoms with van der Waals surface area (Å²) in [6.07, 6.45) is 4.24. The van der Waals surface area contributed by atoms with Crippen LogP contribution in [0.25, 0.3) is 11.4 Å². The number of aromatic nitrogens is 3. The van der Waals surface area contributed by atoms with E-state index >= 15 is 0 Å². The zero-order valence-electron chi connectivity index (χ0n) is 26.2. The van der Waals surface area contributed by atoms with Crippen LogP contribution in [0, 0.1) is 5.92 Å². The van der Waals surface area contributed by atoms with Crippen LogP contribution in [-0.2, 0) is 37.2 Å². The van der Waals surface area contributed by atoms with Crippen molar-refractivity contribution in [3.8, 4) is 11.4 Å². The highest BCUT2D eigenvalue weighted by Crippen LogP contribution is 2.25. The lowest BCUT2D eigenvalue weighted by Gasteiger charge is -2.28. The molecule has 4 rings (SSSR count). The lowest BCUT2D eigenvalue weighted by molar-refractivity contribution is -0.131. The van der Waals surface area contributed by atoms with Gasteiger partial charge in [0, 0.05) is 31.3 Å². The Hall–Kier alpha value is -3.71. The van der Waals surface area contributed by atoms with E-state index in [2.05, 4.69) is 10.6 Å². The fourth-order valence-electron chi connectivity index (χ4n) is 5.16. The number of hydrogen-bond acceptors (Lipinski definition) is 8. The molecule has 2 atom stereocenters. The number of nitrogens with one attached hydrogen (secondary N) is 2. The predicted octanol–water partition coefficient (Wildman–Crippen LogP) is 3.26. The Morgan fingerprint density at radius 1 is 1.02 bits per heavy atom. The van der Waals surface area contributed by atoms with Crippen molar-refractivity contribution in [2.24, 2.45) is 5.92 Å². The highest BCUT2D eigenvalue weighted by atomic mass is 32.2. The van der Waals surface area contributed by atoms with Gasteiger partial charge in [0.15, 0.2) is 21.5 Å². The highest BCUT2D eigenvalue weighted by molar-refractivity contribution is 7.98. The maximum Gasteiger partial charge on any atom is 0.243 e. The molecule has 2 heterocycles. The van der Waals surface area contributed by atoms with Crippen molar-refractivity contribution in [2.75, 3.05) is 31.4 Å². The predicted molar refractivity (Wildman–Crippen MR) is 175 cm³/mol. The Morgan fingerprint density at radius 2 is 1.73 bits per heavy atom. The zero-order valence-corrected chi connectivity index (χ0v) is 27.9. The summed E-state index contributed by atoms with van der Waals surface area (Å²) in [4.78, 5) is 46.9. The van der Waals surface area contributed by atoms with Crippen molar-refractivity contribution in [1.82, 2.24) is 30.3 Å². The molecule has 2 N–H and O–H groups in total. The van der Waals surface area contributed by atoms with Gasteiger partial charge in [-0.1, -0.05) is 56.3 Å². The molecule has 11 nitrogen and oxygen atoms in total. The minimum Gasteiger partial charge on any atom is -0.344 e. The number of sulfone groups is 1. The summed E-state index contributed by atoms with van der Waals surface area (Å²) in [5, 5.41) is 10.9. The van der Waals surface area contributed by atoms with Gasteiger partial charge < -0.3 is 15.5 Å². The second-order valence-corrected chi connectivity index (χ2v) is 14.6. The Balaban J connectivity index is 1.67. The number of nitrogens with zero attached hydrogens (tertiary/aromatic N) is 4. The number of hydrogen-bond donors (Lipinski definition) is 2. The maximum atomic E-state index is 13.6. The highest BCUT2D eigenvalue weighted by Gasteiger charge is 2.30. The van der Waals surface area contributed by atoms with Crippen LogP contribution in [0.4, 0.5) is 0 Å². The van der Waals surface area contributed by atoms with Crippen molar-refractivity contribution >= 4 is 39.3 Å². The molecule has 1 aromatic heterocycles. The van der Waals surface area contributed by atoms with Gasteiger partial charge in [-0.2, -0.15) is 16.9 Å². The fourth-order valence-corrected chi connectivity index (χ4v) is 6.26. The van der Waals surface area contributed by atoms with Gasteiger partial charge in [-0.15, -0.1) is 0 Å². The Bertz CT molecular complexity index is 1570. The minimum atomic E-state index is -3.35. The molecule has 2 aromatic carbocycles. The van der Waals surface area contributed by atoms with E-state index in [1.807, 2.05) is 50.4 Å². The molecule has 13 heteroatoms. The first-order valence-electron chi connectivity index (χ1n) is 15.1. The lowest BCUT2D eigenvalue weighted by atomic mass is 10.0. The van der Waals surface area contributed by atoms with E-state index in [4.69, 9.17) is 10.1 Å². The zero-order chi connectivity index (χ0) is 32.6. The first kappa shape index (κ1) is 34.2. The number of fused-ring (bicyclic) bond motifs is 1. The second kappa shape index (κ2) is 15.5. The molecular formula is C32H42N6O5S2. The van der Waals surface area contributed by atoms with E-state index in [-0.39, 0.29) is 41.4 Å². The number of carbonyl (C=O) groups excluding carboxylic acids is 3. The third-order valence-electron chi connectivity index (χ3n) is 7.71. The Kier molecular flexibility index (Phi) is 11.8. The molecule has 0 radical (unpaired) electrons. The molecule has 0 fully saturated rings. The Morgan fingerprint density at radius 3 is 2.38 bits per heavy atom. The smallest absolute Gasteiger partial charge is 0.243 e. The molecule has 3 aromatic rings. The van der Waals surface area contributed by atoms with Crippen LogP contribution >= 0.6 is 11.8 Å². The fraction of sp³-hybridized carbons (Fsp3) is 0.469. The van der Waals surface area contributed by atoms with Crippen LogP contribution in [0.15, 0.2) is 59.5 Å². The van der Waals surface area contributed by atoms with E-state index in [0.717, 1.165) is 11.8 Å². The monoisotopic (exact) mass is 654 g/mol. The normalized spacial score (nSPS) is 18.6. The molecule has 1 aliphatic rings. The molecule has 0 saturated carbocycles. The average Bonchev–Trinajstić information content (AvgIpc) is 3.43. The van der Waals surface area contributed by atoms with Crippen LogP contribution in [0.3, 0.4) is 0 Å². The standard InChI is InChI=1S/C32H42N6O5S2/c1-22(2)29-31-35-30(24-9-6-5-7-10-24)36-38(31)19-18-37(28(40)21-23-12-14-25(15-13-23)45(4,42)43)17-8-11-27(39)33-26(16-20-44-3)32(41)34-29/h5-7,9-10,12-15,22,26,29H,8,11,16-21H2,1-4H3,(H,33,39)(H,34,41)/t26-,29+/m0/s1. The van der Waals surface area contributed by atoms with Gasteiger partial charge in [0.05, 0.1) is 23.9 Å². The number of carbonyl (C=O) groups is 3. The second-order valence-electron chi connectivity index (χ2n) is 11.6. The van der Waals surface area contributed by atoms with Crippen molar-refractivity contribution < 1.29 is 22.8 Å². The summed E-state index contributed by atoms with van der Waals surface area (Å²) in [7, 11) is -3.35. The van der Waals surface area contributed by atoms with Crippen molar-refractivity contribution in [1.29, 1.82) is 0 Å². The molecule has 0 aliphatic carbocycles. The molecule has 0 bridgehead atoms. The average molecular weight is 655 g/mol. The van der Waals surface area contributed by atoms with Gasteiger partial charge in [0.25, 0.3) is 0 Å². The van der Waals surface area contributed by atoms with Gasteiger partial charge in [-0.05, 0) is 48.5 Å². The van der Waals surface area contributed by atoms with Gasteiger partial charge in [0.1, 0.15) is 6.04 Å². The summed E-state index contributed by atoms with van der Waals surface area (Å²) in [6.45, 7) is 4.96. The van der Waals surface area contributed by atoms with Gasteiger partial charge in [-0.3, -0.25) is 14.4 Å². The quantitative estimate of drug-likeness (QED) is 0.377. The summed E-state index contributed by atoms with van der Waals surface area (Å²) >= 11 is 1.60. The lowest BCUT2D eigenvalue weighted by Crippen LogP contribution is -2.49. The van der Waals surface area contributed by atoms with Crippen molar-refractivity contribution in [3.63, 3.8) is 0 Å². The van der Waals surface area contributed by atoms with Crippen LogP contribution < -0.4 is 10.6 Å². The first-order chi connectivity index (χ1) is 21.5. The summed E-state index contributed by atoms with van der Waals surface area (Å²) < 4.78 is 25.5. The van der Waals surface area contributed by atoms with Crippen molar-refractivity contribution in [2.45, 2.75) is 63.1 Å². The van der Waals surface area contributed by atoms with E-state index in [1.165, 1.54) is 12.1 Å². The maximum absolute atomic E-state index is 13.6. The summed E-state index contributed by atoms with van der Waals surface area (Å²) in [6, 6.07) is 14.7. The van der Waals surface area contributed by atoms with Gasteiger partial charge in [0.2, 0.25) is 17.7 Å². The molecule has 1 aliphatic heterocycles. The van der Waals surface area contributed by atoms with Gasteiger partial charge >= 0.3 is 0 Å². The molecule has 0 saturated heterocycles. The molecule has 0 unspecified atom stereocenters. The van der Waals surface area contributed by atoms with Crippen LogP contribution in [-0.4, -0.2) is 83.2 Å². The largest absolute Gasteiger partial charge is 0.344 e. The number of amides is 3. The Labute approximate surface area is 269 Å². The number of benzene rings is 2. The third-order valence-corrected chi connectivity index (χ3v) is 9.48. The van der Waals surface area contributed by atoms with Crippen molar-refractivity contribution in [3.05, 3.63) is 66.0 Å². The van der Waals surface area contributed by atoms with Crippen LogP contribution in [0.2, 0.25) is 0 Å². The topological polar surface area (TPSA) is 143 Å². The number of thioether (sulfide) groups is 1. The first-order valence-corrected chi connectivity index (χ1v) is 18.4. The molecule has 0 spiro atoms. The third kappa shape index (κ3) is 9.40. The molecular weight excluding hydrogens is 613 g/mol. The SMILES string of the molecule is CSCC[C@@H]1NC(=O)CCCN(C(=O)Cc2ccc(S(C)(=O)=O)cc2)CCn2nc(-c3ccccc3)nc2[C@@H](C(C)C)NC1=O. The minimum absolute atomic E-state index is 0.0435. The summed E-state index contributed by atoms with van der Waals surface area (Å²) in [5.74, 6) is 1.10. The van der Waals surface area contributed by atoms with E-state index in [0.29, 0.717) is 55.4 Å². The van der Waals surface area contributed by atoms with E-state index in [1.54, 1.807) is 33.5 Å². The van der Waals surface area contributed by atoms with E-state index in [9.17, 15) is 22.8 Å². The van der Waals surface area contributed by atoms with Crippen LogP contribution in [0.1, 0.15) is 50.5 Å².